The number of benzene rings is 1. The van der Waals surface area contributed by atoms with Crippen LogP contribution in [0.25, 0.3) is 0 Å². The molecule has 1 N–H and O–H groups in total. The van der Waals surface area contributed by atoms with E-state index in [2.05, 4.69) is 27.7 Å². The van der Waals surface area contributed by atoms with E-state index in [0.29, 0.717) is 12.3 Å². The summed E-state index contributed by atoms with van der Waals surface area (Å²) in [6, 6.07) is 10.1. The lowest BCUT2D eigenvalue weighted by Crippen LogP contribution is -2.23. The smallest absolute Gasteiger partial charge is 0.290 e. The summed E-state index contributed by atoms with van der Waals surface area (Å²) in [5.74, 6) is 0.196. The van der Waals surface area contributed by atoms with E-state index in [9.17, 15) is 4.79 Å². The van der Waals surface area contributed by atoms with Gasteiger partial charge in [-0.3, -0.25) is 9.48 Å². The fourth-order valence-corrected chi connectivity index (χ4v) is 3.18. The standard InChI is InChI=1S/C19H20N4O2/c24-19(18-16-4-1-2-5-17(16)22-25-18)20-12-14-6-8-15(9-7-14)13-23-11-3-10-21-23/h3,6-11H,1-2,4-5,12-13H2,(H,20,24). The molecule has 0 atom stereocenters. The Morgan fingerprint density at radius 3 is 2.76 bits per heavy atom. The summed E-state index contributed by atoms with van der Waals surface area (Å²) in [7, 11) is 0. The number of aromatic nitrogens is 3. The topological polar surface area (TPSA) is 73.0 Å². The number of aryl methyl sites for hydroxylation is 1. The Balaban J connectivity index is 1.36. The van der Waals surface area contributed by atoms with Gasteiger partial charge in [0.15, 0.2) is 0 Å². The van der Waals surface area contributed by atoms with Crippen molar-refractivity contribution >= 4 is 5.91 Å². The van der Waals surface area contributed by atoms with Crippen LogP contribution in [0.2, 0.25) is 0 Å². The van der Waals surface area contributed by atoms with Crippen molar-refractivity contribution in [3.63, 3.8) is 0 Å². The first-order chi connectivity index (χ1) is 12.3. The number of hydrogen-bond acceptors (Lipinski definition) is 4. The molecule has 0 saturated carbocycles. The normalized spacial score (nSPS) is 13.4. The van der Waals surface area contributed by atoms with Crippen LogP contribution in [0, 0.1) is 0 Å². The van der Waals surface area contributed by atoms with Crippen LogP contribution in [0.3, 0.4) is 0 Å². The van der Waals surface area contributed by atoms with E-state index >= 15 is 0 Å². The van der Waals surface area contributed by atoms with Gasteiger partial charge in [0.25, 0.3) is 5.91 Å². The maximum Gasteiger partial charge on any atom is 0.290 e. The number of fused-ring (bicyclic) bond motifs is 1. The van der Waals surface area contributed by atoms with Crippen LogP contribution in [0.1, 0.15) is 45.8 Å². The molecule has 128 valence electrons. The van der Waals surface area contributed by atoms with E-state index in [4.69, 9.17) is 4.52 Å². The van der Waals surface area contributed by atoms with Crippen molar-refractivity contribution in [2.75, 3.05) is 0 Å². The predicted octanol–water partition coefficient (Wildman–Crippen LogP) is 2.73. The van der Waals surface area contributed by atoms with E-state index < -0.39 is 0 Å². The van der Waals surface area contributed by atoms with Crippen LogP contribution < -0.4 is 5.32 Å². The molecule has 0 radical (unpaired) electrons. The van der Waals surface area contributed by atoms with Gasteiger partial charge in [0.05, 0.1) is 12.2 Å². The van der Waals surface area contributed by atoms with Crippen molar-refractivity contribution in [2.24, 2.45) is 0 Å². The second-order valence-electron chi connectivity index (χ2n) is 6.35. The third-order valence-electron chi connectivity index (χ3n) is 4.55. The highest BCUT2D eigenvalue weighted by Gasteiger charge is 2.23. The van der Waals surface area contributed by atoms with Crippen LogP contribution in [-0.4, -0.2) is 20.8 Å². The fourth-order valence-electron chi connectivity index (χ4n) is 3.18. The summed E-state index contributed by atoms with van der Waals surface area (Å²) in [6.45, 7) is 1.21. The van der Waals surface area contributed by atoms with Gasteiger partial charge in [0, 0.05) is 24.5 Å². The van der Waals surface area contributed by atoms with Gasteiger partial charge in [-0.05, 0) is 42.9 Å². The average Bonchev–Trinajstić information content (AvgIpc) is 3.30. The summed E-state index contributed by atoms with van der Waals surface area (Å²) in [5, 5.41) is 11.2. The molecule has 0 unspecified atom stereocenters. The highest BCUT2D eigenvalue weighted by molar-refractivity contribution is 5.93. The molecule has 0 fully saturated rings. The van der Waals surface area contributed by atoms with Crippen molar-refractivity contribution in [3.8, 4) is 0 Å². The molecule has 0 bridgehead atoms. The molecule has 2 aromatic heterocycles. The zero-order valence-electron chi connectivity index (χ0n) is 13.9. The van der Waals surface area contributed by atoms with E-state index in [1.165, 1.54) is 5.56 Å². The highest BCUT2D eigenvalue weighted by atomic mass is 16.5. The Hall–Kier alpha value is -2.89. The number of amides is 1. The highest BCUT2D eigenvalue weighted by Crippen LogP contribution is 2.23. The lowest BCUT2D eigenvalue weighted by molar-refractivity contribution is 0.0912. The first kappa shape index (κ1) is 15.6. The number of rotatable bonds is 5. The second-order valence-corrected chi connectivity index (χ2v) is 6.35. The van der Waals surface area contributed by atoms with Gasteiger partial charge < -0.3 is 9.84 Å². The third kappa shape index (κ3) is 3.47. The zero-order chi connectivity index (χ0) is 17.1. The lowest BCUT2D eigenvalue weighted by atomic mass is 9.96. The summed E-state index contributed by atoms with van der Waals surface area (Å²) >= 11 is 0. The van der Waals surface area contributed by atoms with E-state index in [1.807, 2.05) is 29.1 Å². The van der Waals surface area contributed by atoms with Crippen LogP contribution in [0.15, 0.2) is 47.2 Å². The Morgan fingerprint density at radius 2 is 1.96 bits per heavy atom. The van der Waals surface area contributed by atoms with Gasteiger partial charge in [-0.1, -0.05) is 29.4 Å². The number of hydrogen-bond donors (Lipinski definition) is 1. The SMILES string of the molecule is O=C(NCc1ccc(Cn2cccn2)cc1)c1onc2c1CCCC2. The molecular weight excluding hydrogens is 316 g/mol. The molecule has 6 nitrogen and oxygen atoms in total. The van der Waals surface area contributed by atoms with Crippen molar-refractivity contribution in [2.45, 2.75) is 38.8 Å². The monoisotopic (exact) mass is 336 g/mol. The lowest BCUT2D eigenvalue weighted by Gasteiger charge is -2.09. The Bertz CT molecular complexity index is 850. The van der Waals surface area contributed by atoms with Gasteiger partial charge in [-0.15, -0.1) is 0 Å². The van der Waals surface area contributed by atoms with E-state index in [1.54, 1.807) is 6.20 Å². The Labute approximate surface area is 145 Å². The molecule has 0 spiro atoms. The summed E-state index contributed by atoms with van der Waals surface area (Å²) in [6.07, 6.45) is 7.70. The minimum absolute atomic E-state index is 0.184. The minimum atomic E-state index is -0.184. The van der Waals surface area contributed by atoms with Crippen LogP contribution in [0.5, 0.6) is 0 Å². The molecule has 1 amide bonds. The Kier molecular flexibility index (Phi) is 4.33. The molecule has 3 aromatic rings. The van der Waals surface area contributed by atoms with Gasteiger partial charge >= 0.3 is 0 Å². The molecular formula is C19H20N4O2. The van der Waals surface area contributed by atoms with Gasteiger partial charge in [0.2, 0.25) is 5.76 Å². The number of carbonyl (C=O) groups excluding carboxylic acids is 1. The van der Waals surface area contributed by atoms with Crippen LogP contribution in [0.4, 0.5) is 0 Å². The second kappa shape index (κ2) is 6.93. The van der Waals surface area contributed by atoms with Crippen molar-refractivity contribution in [1.29, 1.82) is 0 Å². The average molecular weight is 336 g/mol. The fraction of sp³-hybridized carbons (Fsp3) is 0.316. The predicted molar refractivity (Wildman–Crippen MR) is 92.1 cm³/mol. The molecule has 6 heteroatoms. The third-order valence-corrected chi connectivity index (χ3v) is 4.55. The van der Waals surface area contributed by atoms with Crippen molar-refractivity contribution in [1.82, 2.24) is 20.3 Å². The van der Waals surface area contributed by atoms with Gasteiger partial charge in [0.1, 0.15) is 0 Å². The molecule has 0 aliphatic heterocycles. The van der Waals surface area contributed by atoms with Crippen molar-refractivity contribution in [3.05, 3.63) is 70.9 Å². The first-order valence-corrected chi connectivity index (χ1v) is 8.60. The van der Waals surface area contributed by atoms with Crippen LogP contribution in [-0.2, 0) is 25.9 Å². The zero-order valence-corrected chi connectivity index (χ0v) is 13.9. The molecule has 1 aliphatic rings. The summed E-state index contributed by atoms with van der Waals surface area (Å²) in [4.78, 5) is 12.4. The van der Waals surface area contributed by atoms with Gasteiger partial charge in [-0.25, -0.2) is 0 Å². The van der Waals surface area contributed by atoms with Crippen molar-refractivity contribution < 1.29 is 9.32 Å². The molecule has 2 heterocycles. The number of nitrogens with zero attached hydrogens (tertiary/aromatic N) is 3. The molecule has 0 saturated heterocycles. The first-order valence-electron chi connectivity index (χ1n) is 8.60. The van der Waals surface area contributed by atoms with Crippen LogP contribution >= 0.6 is 0 Å². The summed E-state index contributed by atoms with van der Waals surface area (Å²) in [5.41, 5.74) is 4.15. The number of nitrogens with one attached hydrogen (secondary N) is 1. The molecule has 1 aliphatic carbocycles. The van der Waals surface area contributed by atoms with Gasteiger partial charge in [-0.2, -0.15) is 5.10 Å². The summed E-state index contributed by atoms with van der Waals surface area (Å²) < 4.78 is 7.15. The molecule has 4 rings (SSSR count). The maximum absolute atomic E-state index is 12.4. The van der Waals surface area contributed by atoms with E-state index in [-0.39, 0.29) is 5.91 Å². The molecule has 25 heavy (non-hydrogen) atoms. The number of carbonyl (C=O) groups is 1. The molecule has 1 aromatic carbocycles. The van der Waals surface area contributed by atoms with E-state index in [0.717, 1.165) is 49.0 Å². The quantitative estimate of drug-likeness (QED) is 0.777. The Morgan fingerprint density at radius 1 is 1.16 bits per heavy atom. The largest absolute Gasteiger partial charge is 0.350 e. The maximum atomic E-state index is 12.4. The minimum Gasteiger partial charge on any atom is -0.350 e.